The summed E-state index contributed by atoms with van der Waals surface area (Å²) in [4.78, 5) is 0. The average molecular weight is 479 g/mol. The van der Waals surface area contributed by atoms with Gasteiger partial charge in [0, 0.05) is 0 Å². The van der Waals surface area contributed by atoms with Crippen LogP contribution in [0.5, 0.6) is 0 Å². The summed E-state index contributed by atoms with van der Waals surface area (Å²) in [5, 5.41) is 0. The first-order valence-electron chi connectivity index (χ1n) is 16.4. The van der Waals surface area contributed by atoms with Gasteiger partial charge in [-0.25, -0.2) is 0 Å². The molecule has 0 bridgehead atoms. The number of unbranched alkanes of at least 4 members (excludes halogenated alkanes) is 11. The van der Waals surface area contributed by atoms with Crippen molar-refractivity contribution in [3.05, 3.63) is 0 Å². The second-order valence-electron chi connectivity index (χ2n) is 12.8. The molecular formula is C32H63P. The summed E-state index contributed by atoms with van der Waals surface area (Å²) >= 11 is 0. The van der Waals surface area contributed by atoms with Crippen LogP contribution in [0, 0.1) is 0 Å². The summed E-state index contributed by atoms with van der Waals surface area (Å²) < 4.78 is 0. The third-order valence-electron chi connectivity index (χ3n) is 10.6. The maximum atomic E-state index is 2.33. The van der Waals surface area contributed by atoms with Crippen molar-refractivity contribution < 1.29 is 0 Å². The van der Waals surface area contributed by atoms with Crippen molar-refractivity contribution in [2.75, 3.05) is 6.16 Å². The summed E-state index contributed by atoms with van der Waals surface area (Å²) in [6.45, 7) is 2.33. The standard InChI is InChI=1S/C32H63P/c1-2-3-4-5-6-7-8-9-10-11-12-22-29-33(30-23-16-13-17-24-30,31-25-18-14-19-26-31)32-27-20-15-21-28-32/h30-33H,2-29H2,1H3. The van der Waals surface area contributed by atoms with E-state index in [0.717, 1.165) is 0 Å². The summed E-state index contributed by atoms with van der Waals surface area (Å²) in [5.74, 6) is 0. The van der Waals surface area contributed by atoms with Gasteiger partial charge in [-0.3, -0.25) is 0 Å². The third kappa shape index (κ3) is 9.10. The molecule has 0 atom stereocenters. The van der Waals surface area contributed by atoms with E-state index in [1.54, 1.807) is 122 Å². The van der Waals surface area contributed by atoms with E-state index in [9.17, 15) is 0 Å². The van der Waals surface area contributed by atoms with Crippen LogP contribution in [-0.2, 0) is 0 Å². The Morgan fingerprint density at radius 3 is 1.03 bits per heavy atom. The molecule has 0 aromatic heterocycles. The monoisotopic (exact) mass is 478 g/mol. The first kappa shape index (κ1) is 28.0. The van der Waals surface area contributed by atoms with E-state index in [0.29, 0.717) is 0 Å². The van der Waals surface area contributed by atoms with Crippen LogP contribution in [0.3, 0.4) is 0 Å². The SMILES string of the molecule is CCCCCCCCCCCCCC[PH](C1CCCCC1)(C1CCCCC1)C1CCCCC1. The average Bonchev–Trinajstić information content (AvgIpc) is 2.89. The Labute approximate surface area is 210 Å². The molecule has 3 aliphatic rings. The molecule has 0 N–H and O–H groups in total. The van der Waals surface area contributed by atoms with Gasteiger partial charge in [0.2, 0.25) is 0 Å². The Bertz CT molecular complexity index is 408. The molecule has 33 heavy (non-hydrogen) atoms. The number of hydrogen-bond acceptors (Lipinski definition) is 0. The van der Waals surface area contributed by atoms with E-state index in [4.69, 9.17) is 0 Å². The minimum atomic E-state index is -1.19. The second-order valence-corrected chi connectivity index (χ2v) is 17.9. The fourth-order valence-corrected chi connectivity index (χ4v) is 17.3. The Morgan fingerprint density at radius 1 is 0.394 bits per heavy atom. The summed E-state index contributed by atoms with van der Waals surface area (Å²) in [6.07, 6.45) is 43.9. The van der Waals surface area contributed by atoms with Crippen molar-refractivity contribution >= 4 is 7.26 Å². The Kier molecular flexibility index (Phi) is 14.4. The van der Waals surface area contributed by atoms with Crippen LogP contribution in [-0.4, -0.2) is 23.1 Å². The van der Waals surface area contributed by atoms with Crippen molar-refractivity contribution in [3.8, 4) is 0 Å². The van der Waals surface area contributed by atoms with E-state index < -0.39 is 7.26 Å². The molecule has 0 nitrogen and oxygen atoms in total. The van der Waals surface area contributed by atoms with Gasteiger partial charge in [-0.2, -0.15) is 0 Å². The normalized spacial score (nSPS) is 22.6. The van der Waals surface area contributed by atoms with Crippen molar-refractivity contribution in [2.24, 2.45) is 0 Å². The molecule has 0 aliphatic heterocycles. The molecule has 0 aromatic rings. The van der Waals surface area contributed by atoms with Crippen molar-refractivity contribution in [1.82, 2.24) is 0 Å². The van der Waals surface area contributed by atoms with Crippen LogP contribution in [0.15, 0.2) is 0 Å². The van der Waals surface area contributed by atoms with Gasteiger partial charge in [0.1, 0.15) is 0 Å². The van der Waals surface area contributed by atoms with E-state index in [-0.39, 0.29) is 0 Å². The Hall–Kier alpha value is 0.430. The first-order chi connectivity index (χ1) is 16.4. The van der Waals surface area contributed by atoms with Crippen LogP contribution in [0.2, 0.25) is 0 Å². The van der Waals surface area contributed by atoms with Gasteiger partial charge in [-0.1, -0.05) is 13.3 Å². The van der Waals surface area contributed by atoms with Gasteiger partial charge < -0.3 is 0 Å². The molecule has 0 aromatic carbocycles. The van der Waals surface area contributed by atoms with Crippen LogP contribution in [0.4, 0.5) is 0 Å². The molecule has 0 heterocycles. The quantitative estimate of drug-likeness (QED) is 0.153. The molecule has 0 unspecified atom stereocenters. The molecule has 0 spiro atoms. The van der Waals surface area contributed by atoms with Crippen LogP contribution in [0.1, 0.15) is 180 Å². The zero-order valence-electron chi connectivity index (χ0n) is 23.0. The molecule has 1 heteroatoms. The fraction of sp³-hybridized carbons (Fsp3) is 1.00. The number of rotatable bonds is 16. The van der Waals surface area contributed by atoms with Crippen LogP contribution in [0.25, 0.3) is 0 Å². The van der Waals surface area contributed by atoms with Gasteiger partial charge in [-0.15, -0.1) is 0 Å². The predicted octanol–water partition coefficient (Wildman–Crippen LogP) is 11.4. The summed E-state index contributed by atoms with van der Waals surface area (Å²) in [7, 11) is -1.19. The molecule has 3 saturated carbocycles. The van der Waals surface area contributed by atoms with E-state index >= 15 is 0 Å². The summed E-state index contributed by atoms with van der Waals surface area (Å²) in [5.41, 5.74) is 3.68. The van der Waals surface area contributed by atoms with Crippen LogP contribution >= 0.6 is 7.26 Å². The molecule has 0 amide bonds. The molecule has 196 valence electrons. The first-order valence-corrected chi connectivity index (χ1v) is 18.8. The van der Waals surface area contributed by atoms with Crippen molar-refractivity contribution in [1.29, 1.82) is 0 Å². The zero-order valence-corrected chi connectivity index (χ0v) is 24.0. The maximum absolute atomic E-state index is 2.33. The van der Waals surface area contributed by atoms with Gasteiger partial charge in [0.05, 0.1) is 0 Å². The third-order valence-corrected chi connectivity index (χ3v) is 18.1. The zero-order chi connectivity index (χ0) is 23.0. The molecule has 0 radical (unpaired) electrons. The Morgan fingerprint density at radius 2 is 0.697 bits per heavy atom. The van der Waals surface area contributed by atoms with Crippen molar-refractivity contribution in [3.63, 3.8) is 0 Å². The predicted molar refractivity (Wildman–Crippen MR) is 155 cm³/mol. The van der Waals surface area contributed by atoms with Crippen LogP contribution < -0.4 is 0 Å². The second kappa shape index (κ2) is 17.0. The van der Waals surface area contributed by atoms with Gasteiger partial charge in [-0.05, 0) is 0 Å². The van der Waals surface area contributed by atoms with E-state index in [1.807, 2.05) is 0 Å². The van der Waals surface area contributed by atoms with E-state index in [1.165, 1.54) is 74.8 Å². The molecule has 3 aliphatic carbocycles. The molecule has 0 saturated heterocycles. The molecular weight excluding hydrogens is 415 g/mol. The molecule has 3 rings (SSSR count). The fourth-order valence-electron chi connectivity index (χ4n) is 8.80. The topological polar surface area (TPSA) is 0 Å². The summed E-state index contributed by atoms with van der Waals surface area (Å²) in [6, 6.07) is 0. The van der Waals surface area contributed by atoms with Crippen molar-refractivity contribution in [2.45, 2.75) is 197 Å². The van der Waals surface area contributed by atoms with Gasteiger partial charge >= 0.3 is 197 Å². The van der Waals surface area contributed by atoms with Gasteiger partial charge in [0.15, 0.2) is 0 Å². The number of hydrogen-bond donors (Lipinski definition) is 0. The van der Waals surface area contributed by atoms with Gasteiger partial charge in [0.25, 0.3) is 0 Å². The van der Waals surface area contributed by atoms with E-state index in [2.05, 4.69) is 6.92 Å². The Balaban J connectivity index is 1.47. The molecule has 3 fully saturated rings. The minimum absolute atomic E-state index is 1.19.